The molecule has 3 N–H and O–H groups in total. The maximum absolute atomic E-state index is 12.8. The Kier molecular flexibility index (Phi) is 3.33. The molecule has 1 amide bonds. The molecule has 0 radical (unpaired) electrons. The molecule has 4 rings (SSSR count). The fourth-order valence-electron chi connectivity index (χ4n) is 6.34. The lowest BCUT2D eigenvalue weighted by atomic mass is 9.75. The van der Waals surface area contributed by atoms with Crippen LogP contribution in [0.25, 0.3) is 0 Å². The zero-order valence-corrected chi connectivity index (χ0v) is 13.3. The summed E-state index contributed by atoms with van der Waals surface area (Å²) >= 11 is 0. The summed E-state index contributed by atoms with van der Waals surface area (Å²) in [6.07, 6.45) is 10.9. The quantitative estimate of drug-likeness (QED) is 0.821. The van der Waals surface area contributed by atoms with Gasteiger partial charge in [-0.15, -0.1) is 0 Å². The second kappa shape index (κ2) is 4.97. The normalized spacial score (nSPS) is 51.9. The van der Waals surface area contributed by atoms with Crippen LogP contribution in [0.4, 0.5) is 0 Å². The summed E-state index contributed by atoms with van der Waals surface area (Å²) in [5, 5.41) is 3.39. The van der Waals surface area contributed by atoms with Gasteiger partial charge in [-0.2, -0.15) is 0 Å². The first-order valence-corrected chi connectivity index (χ1v) is 9.17. The predicted molar refractivity (Wildman–Crippen MR) is 83.5 cm³/mol. The molecule has 3 heteroatoms. The van der Waals surface area contributed by atoms with Crippen molar-refractivity contribution < 1.29 is 4.79 Å². The highest BCUT2D eigenvalue weighted by atomic mass is 16.2. The fourth-order valence-corrected chi connectivity index (χ4v) is 6.34. The van der Waals surface area contributed by atoms with Crippen LogP contribution < -0.4 is 11.1 Å². The first-order chi connectivity index (χ1) is 10.1. The molecule has 4 aliphatic rings. The van der Waals surface area contributed by atoms with Crippen LogP contribution in [0.3, 0.4) is 0 Å². The van der Waals surface area contributed by atoms with Crippen molar-refractivity contribution >= 4 is 5.91 Å². The van der Waals surface area contributed by atoms with E-state index in [-0.39, 0.29) is 5.91 Å². The SMILES string of the molecule is CC1CCCC(N)(C(=O)NC2CC3CC2C2CCCC32)C1. The van der Waals surface area contributed by atoms with E-state index in [0.717, 1.165) is 42.9 Å². The molecule has 4 saturated carbocycles. The molecule has 0 heterocycles. The highest BCUT2D eigenvalue weighted by molar-refractivity contribution is 5.86. The van der Waals surface area contributed by atoms with Gasteiger partial charge in [-0.3, -0.25) is 4.79 Å². The summed E-state index contributed by atoms with van der Waals surface area (Å²) in [4.78, 5) is 12.8. The van der Waals surface area contributed by atoms with E-state index in [9.17, 15) is 4.79 Å². The molecule has 0 aromatic heterocycles. The van der Waals surface area contributed by atoms with Crippen LogP contribution in [0.2, 0.25) is 0 Å². The first kappa shape index (κ1) is 14.0. The van der Waals surface area contributed by atoms with E-state index < -0.39 is 5.54 Å². The maximum atomic E-state index is 12.8. The summed E-state index contributed by atoms with van der Waals surface area (Å²) in [5.74, 6) is 4.30. The number of rotatable bonds is 2. The standard InChI is InChI=1S/C18H30N2O/c1-11-4-3-7-18(19,10-11)17(21)20-16-9-12-8-15(16)14-6-2-5-13(12)14/h11-16H,2-10,19H2,1H3,(H,20,21). The number of carbonyl (C=O) groups excluding carboxylic acids is 1. The summed E-state index contributed by atoms with van der Waals surface area (Å²) in [6.45, 7) is 2.23. The van der Waals surface area contributed by atoms with Gasteiger partial charge < -0.3 is 11.1 Å². The van der Waals surface area contributed by atoms with Gasteiger partial charge >= 0.3 is 0 Å². The Morgan fingerprint density at radius 1 is 1.10 bits per heavy atom. The number of carbonyl (C=O) groups is 1. The molecule has 0 aliphatic heterocycles. The van der Waals surface area contributed by atoms with Crippen LogP contribution in [0.1, 0.15) is 64.7 Å². The van der Waals surface area contributed by atoms with Crippen molar-refractivity contribution in [3.05, 3.63) is 0 Å². The number of nitrogens with one attached hydrogen (secondary N) is 1. The third-order valence-corrected chi connectivity index (χ3v) is 7.23. The van der Waals surface area contributed by atoms with Crippen molar-refractivity contribution in [2.45, 2.75) is 76.3 Å². The van der Waals surface area contributed by atoms with Crippen molar-refractivity contribution in [1.29, 1.82) is 0 Å². The van der Waals surface area contributed by atoms with Gasteiger partial charge in [0.25, 0.3) is 0 Å². The van der Waals surface area contributed by atoms with Gasteiger partial charge in [-0.1, -0.05) is 26.2 Å². The minimum absolute atomic E-state index is 0.154. The number of hydrogen-bond donors (Lipinski definition) is 2. The molecule has 118 valence electrons. The van der Waals surface area contributed by atoms with Gasteiger partial charge in [0.2, 0.25) is 5.91 Å². The Morgan fingerprint density at radius 3 is 2.71 bits per heavy atom. The van der Waals surface area contributed by atoms with Crippen molar-refractivity contribution in [2.24, 2.45) is 35.3 Å². The number of fused-ring (bicyclic) bond motifs is 5. The molecule has 0 saturated heterocycles. The van der Waals surface area contributed by atoms with Gasteiger partial charge in [0.05, 0.1) is 5.54 Å². The van der Waals surface area contributed by atoms with Gasteiger partial charge in [0.15, 0.2) is 0 Å². The Morgan fingerprint density at radius 2 is 1.90 bits per heavy atom. The molecule has 7 unspecified atom stereocenters. The van der Waals surface area contributed by atoms with Crippen molar-refractivity contribution in [3.63, 3.8) is 0 Å². The number of amides is 1. The second-order valence-corrected chi connectivity index (χ2v) is 8.59. The maximum Gasteiger partial charge on any atom is 0.240 e. The Labute approximate surface area is 128 Å². The first-order valence-electron chi connectivity index (χ1n) is 9.17. The second-order valence-electron chi connectivity index (χ2n) is 8.59. The lowest BCUT2D eigenvalue weighted by Crippen LogP contribution is -2.59. The lowest BCUT2D eigenvalue weighted by molar-refractivity contribution is -0.129. The third kappa shape index (κ3) is 2.23. The van der Waals surface area contributed by atoms with Crippen LogP contribution in [-0.2, 0) is 4.79 Å². The largest absolute Gasteiger partial charge is 0.351 e. The van der Waals surface area contributed by atoms with E-state index in [0.29, 0.717) is 12.0 Å². The minimum Gasteiger partial charge on any atom is -0.351 e. The van der Waals surface area contributed by atoms with Gasteiger partial charge in [-0.25, -0.2) is 0 Å². The van der Waals surface area contributed by atoms with Crippen LogP contribution in [0, 0.1) is 29.6 Å². The monoisotopic (exact) mass is 290 g/mol. The topological polar surface area (TPSA) is 55.1 Å². The van der Waals surface area contributed by atoms with Crippen LogP contribution in [0.15, 0.2) is 0 Å². The number of nitrogens with two attached hydrogens (primary N) is 1. The lowest BCUT2D eigenvalue weighted by Gasteiger charge is -2.38. The summed E-state index contributed by atoms with van der Waals surface area (Å²) in [7, 11) is 0. The fraction of sp³-hybridized carbons (Fsp3) is 0.944. The Balaban J connectivity index is 1.41. The van der Waals surface area contributed by atoms with Crippen molar-refractivity contribution in [1.82, 2.24) is 5.32 Å². The van der Waals surface area contributed by atoms with Crippen LogP contribution in [0.5, 0.6) is 0 Å². The predicted octanol–water partition coefficient (Wildman–Crippen LogP) is 2.83. The molecule has 21 heavy (non-hydrogen) atoms. The molecule has 3 nitrogen and oxygen atoms in total. The molecule has 4 aliphatic carbocycles. The Hall–Kier alpha value is -0.570. The van der Waals surface area contributed by atoms with Crippen molar-refractivity contribution in [3.8, 4) is 0 Å². The smallest absolute Gasteiger partial charge is 0.240 e. The molecule has 7 atom stereocenters. The van der Waals surface area contributed by atoms with Gasteiger partial charge in [0, 0.05) is 6.04 Å². The highest BCUT2D eigenvalue weighted by Gasteiger charge is 2.54. The van der Waals surface area contributed by atoms with Crippen LogP contribution in [-0.4, -0.2) is 17.5 Å². The molecule has 0 aromatic rings. The van der Waals surface area contributed by atoms with E-state index in [4.69, 9.17) is 5.73 Å². The van der Waals surface area contributed by atoms with Crippen molar-refractivity contribution in [2.75, 3.05) is 0 Å². The zero-order valence-electron chi connectivity index (χ0n) is 13.3. The molecule has 2 bridgehead atoms. The molecule has 0 spiro atoms. The molecular weight excluding hydrogens is 260 g/mol. The average molecular weight is 290 g/mol. The zero-order chi connectivity index (χ0) is 14.6. The molecule has 0 aromatic carbocycles. The van der Waals surface area contributed by atoms with E-state index >= 15 is 0 Å². The average Bonchev–Trinajstić information content (AvgIpc) is 3.10. The number of hydrogen-bond acceptors (Lipinski definition) is 2. The van der Waals surface area contributed by atoms with E-state index in [1.54, 1.807) is 0 Å². The summed E-state index contributed by atoms with van der Waals surface area (Å²) in [5.41, 5.74) is 5.88. The summed E-state index contributed by atoms with van der Waals surface area (Å²) < 4.78 is 0. The highest BCUT2D eigenvalue weighted by Crippen LogP contribution is 2.58. The minimum atomic E-state index is -0.589. The van der Waals surface area contributed by atoms with Crippen LogP contribution >= 0.6 is 0 Å². The van der Waals surface area contributed by atoms with Gasteiger partial charge in [0.1, 0.15) is 0 Å². The summed E-state index contributed by atoms with van der Waals surface area (Å²) in [6, 6.07) is 0.430. The van der Waals surface area contributed by atoms with Gasteiger partial charge in [-0.05, 0) is 68.1 Å². The molecular formula is C18H30N2O. The molecule has 4 fully saturated rings. The van der Waals surface area contributed by atoms with E-state index in [1.165, 1.54) is 38.5 Å². The van der Waals surface area contributed by atoms with E-state index in [2.05, 4.69) is 12.2 Å². The van der Waals surface area contributed by atoms with E-state index in [1.807, 2.05) is 0 Å². The Bertz CT molecular complexity index is 437. The third-order valence-electron chi connectivity index (χ3n) is 7.23.